The van der Waals surface area contributed by atoms with Crippen molar-refractivity contribution in [2.75, 3.05) is 12.8 Å². The SMILES string of the molecule is CNC(=O)c1c(C)nc(N)nc1COc1ccc(C)c(C)c1. The smallest absolute Gasteiger partial charge is 0.254 e. The molecule has 116 valence electrons. The number of anilines is 1. The van der Waals surface area contributed by atoms with Gasteiger partial charge < -0.3 is 15.8 Å². The summed E-state index contributed by atoms with van der Waals surface area (Å²) >= 11 is 0. The lowest BCUT2D eigenvalue weighted by atomic mass is 10.1. The van der Waals surface area contributed by atoms with Gasteiger partial charge in [0, 0.05) is 7.05 Å². The maximum Gasteiger partial charge on any atom is 0.254 e. The molecule has 0 spiro atoms. The molecule has 1 aromatic heterocycles. The first-order valence-corrected chi connectivity index (χ1v) is 6.97. The van der Waals surface area contributed by atoms with Gasteiger partial charge in [-0.25, -0.2) is 9.97 Å². The number of nitrogens with zero attached hydrogens (tertiary/aromatic N) is 2. The maximum absolute atomic E-state index is 12.0. The molecule has 6 nitrogen and oxygen atoms in total. The van der Waals surface area contributed by atoms with E-state index >= 15 is 0 Å². The summed E-state index contributed by atoms with van der Waals surface area (Å²) in [6.07, 6.45) is 0. The van der Waals surface area contributed by atoms with Crippen LogP contribution in [0.5, 0.6) is 5.75 Å². The zero-order chi connectivity index (χ0) is 16.3. The minimum absolute atomic E-state index is 0.129. The first-order chi connectivity index (χ1) is 10.4. The molecule has 22 heavy (non-hydrogen) atoms. The van der Waals surface area contributed by atoms with E-state index in [0.717, 1.165) is 11.3 Å². The summed E-state index contributed by atoms with van der Waals surface area (Å²) in [7, 11) is 1.56. The van der Waals surface area contributed by atoms with E-state index in [1.807, 2.05) is 32.0 Å². The topological polar surface area (TPSA) is 90.1 Å². The summed E-state index contributed by atoms with van der Waals surface area (Å²) in [4.78, 5) is 20.2. The van der Waals surface area contributed by atoms with Crippen molar-refractivity contribution in [3.63, 3.8) is 0 Å². The zero-order valence-corrected chi connectivity index (χ0v) is 13.2. The average molecular weight is 300 g/mol. The highest BCUT2D eigenvalue weighted by Crippen LogP contribution is 2.19. The summed E-state index contributed by atoms with van der Waals surface area (Å²) in [6.45, 7) is 5.93. The molecule has 2 rings (SSSR count). The van der Waals surface area contributed by atoms with E-state index in [1.165, 1.54) is 5.56 Å². The van der Waals surface area contributed by atoms with Crippen molar-refractivity contribution in [2.24, 2.45) is 0 Å². The van der Waals surface area contributed by atoms with Gasteiger partial charge in [0.05, 0.1) is 17.0 Å². The molecule has 1 heterocycles. The number of hydrogen-bond donors (Lipinski definition) is 2. The summed E-state index contributed by atoms with van der Waals surface area (Å²) in [6, 6.07) is 5.83. The number of aromatic nitrogens is 2. The first-order valence-electron chi connectivity index (χ1n) is 6.97. The number of amides is 1. The van der Waals surface area contributed by atoms with Crippen molar-refractivity contribution in [1.82, 2.24) is 15.3 Å². The van der Waals surface area contributed by atoms with Gasteiger partial charge in [-0.1, -0.05) is 6.07 Å². The third-order valence-corrected chi connectivity index (χ3v) is 3.49. The molecule has 3 N–H and O–H groups in total. The second-order valence-corrected chi connectivity index (χ2v) is 5.10. The fourth-order valence-electron chi connectivity index (χ4n) is 2.14. The summed E-state index contributed by atoms with van der Waals surface area (Å²) < 4.78 is 5.75. The van der Waals surface area contributed by atoms with E-state index in [-0.39, 0.29) is 18.5 Å². The van der Waals surface area contributed by atoms with E-state index < -0.39 is 0 Å². The molecule has 0 radical (unpaired) electrons. The Hall–Kier alpha value is -2.63. The van der Waals surface area contributed by atoms with Crippen LogP contribution in [0.4, 0.5) is 5.95 Å². The average Bonchev–Trinajstić information content (AvgIpc) is 2.47. The van der Waals surface area contributed by atoms with Gasteiger partial charge in [0.1, 0.15) is 12.4 Å². The Kier molecular flexibility index (Phi) is 4.60. The van der Waals surface area contributed by atoms with Crippen molar-refractivity contribution in [3.05, 3.63) is 46.3 Å². The molecule has 2 aromatic rings. The number of rotatable bonds is 4. The van der Waals surface area contributed by atoms with Crippen molar-refractivity contribution in [3.8, 4) is 5.75 Å². The normalized spacial score (nSPS) is 10.4. The minimum atomic E-state index is -0.254. The number of nitrogens with two attached hydrogens (primary N) is 1. The predicted molar refractivity (Wildman–Crippen MR) is 84.8 cm³/mol. The Labute approximate surface area is 129 Å². The summed E-state index contributed by atoms with van der Waals surface area (Å²) in [5.41, 5.74) is 9.42. The molecule has 1 amide bonds. The number of carbonyl (C=O) groups is 1. The largest absolute Gasteiger partial charge is 0.487 e. The van der Waals surface area contributed by atoms with Gasteiger partial charge >= 0.3 is 0 Å². The minimum Gasteiger partial charge on any atom is -0.487 e. The molecule has 0 atom stereocenters. The Morgan fingerprint density at radius 3 is 2.59 bits per heavy atom. The fourth-order valence-corrected chi connectivity index (χ4v) is 2.14. The monoisotopic (exact) mass is 300 g/mol. The van der Waals surface area contributed by atoms with Crippen LogP contribution in [-0.2, 0) is 6.61 Å². The molecule has 0 saturated carbocycles. The lowest BCUT2D eigenvalue weighted by molar-refractivity contribution is 0.0959. The summed E-state index contributed by atoms with van der Waals surface area (Å²) in [5, 5.41) is 2.58. The lowest BCUT2D eigenvalue weighted by Crippen LogP contribution is -2.23. The number of carbonyl (C=O) groups excluding carboxylic acids is 1. The Bertz CT molecular complexity index is 714. The highest BCUT2D eigenvalue weighted by molar-refractivity contribution is 5.96. The van der Waals surface area contributed by atoms with Crippen LogP contribution in [0.3, 0.4) is 0 Å². The van der Waals surface area contributed by atoms with E-state index in [9.17, 15) is 4.79 Å². The van der Waals surface area contributed by atoms with E-state index in [4.69, 9.17) is 10.5 Å². The van der Waals surface area contributed by atoms with Crippen LogP contribution < -0.4 is 15.8 Å². The van der Waals surface area contributed by atoms with Crippen LogP contribution in [0.1, 0.15) is 32.9 Å². The molecule has 0 bridgehead atoms. The lowest BCUT2D eigenvalue weighted by Gasteiger charge is -2.12. The second-order valence-electron chi connectivity index (χ2n) is 5.10. The first kappa shape index (κ1) is 15.8. The maximum atomic E-state index is 12.0. The third kappa shape index (κ3) is 3.33. The molecular weight excluding hydrogens is 280 g/mol. The van der Waals surface area contributed by atoms with Gasteiger partial charge in [-0.05, 0) is 44.0 Å². The highest BCUT2D eigenvalue weighted by Gasteiger charge is 2.17. The van der Waals surface area contributed by atoms with Crippen molar-refractivity contribution < 1.29 is 9.53 Å². The molecule has 0 aliphatic heterocycles. The van der Waals surface area contributed by atoms with Crippen LogP contribution in [0.2, 0.25) is 0 Å². The van der Waals surface area contributed by atoms with Crippen molar-refractivity contribution in [2.45, 2.75) is 27.4 Å². The highest BCUT2D eigenvalue weighted by atomic mass is 16.5. The molecule has 0 fully saturated rings. The molecule has 0 saturated heterocycles. The Balaban J connectivity index is 2.28. The fraction of sp³-hybridized carbons (Fsp3) is 0.312. The van der Waals surface area contributed by atoms with Crippen LogP contribution in [0, 0.1) is 20.8 Å². The van der Waals surface area contributed by atoms with E-state index in [1.54, 1.807) is 14.0 Å². The molecule has 0 aliphatic carbocycles. The number of nitrogens with one attached hydrogen (secondary N) is 1. The number of benzene rings is 1. The molecular formula is C16H20N4O2. The van der Waals surface area contributed by atoms with Crippen LogP contribution in [0.15, 0.2) is 18.2 Å². The van der Waals surface area contributed by atoms with Crippen molar-refractivity contribution in [1.29, 1.82) is 0 Å². The predicted octanol–water partition coefficient (Wildman–Crippen LogP) is 1.92. The number of hydrogen-bond acceptors (Lipinski definition) is 5. The quantitative estimate of drug-likeness (QED) is 0.900. The van der Waals surface area contributed by atoms with Gasteiger partial charge in [0.2, 0.25) is 5.95 Å². The Morgan fingerprint density at radius 2 is 1.95 bits per heavy atom. The van der Waals surface area contributed by atoms with Crippen LogP contribution in [0.25, 0.3) is 0 Å². The van der Waals surface area contributed by atoms with Crippen LogP contribution in [-0.4, -0.2) is 22.9 Å². The molecule has 0 aliphatic rings. The van der Waals surface area contributed by atoms with Gasteiger partial charge in [-0.3, -0.25) is 4.79 Å². The van der Waals surface area contributed by atoms with Gasteiger partial charge in [-0.2, -0.15) is 0 Å². The number of nitrogen functional groups attached to an aromatic ring is 1. The molecule has 1 aromatic carbocycles. The number of aryl methyl sites for hydroxylation is 3. The molecule has 6 heteroatoms. The standard InChI is InChI=1S/C16H20N4O2/c1-9-5-6-12(7-10(9)2)22-8-13-14(15(21)18-4)11(3)19-16(17)20-13/h5-7H,8H2,1-4H3,(H,18,21)(H2,17,19,20). The van der Waals surface area contributed by atoms with Gasteiger partial charge in [0.15, 0.2) is 0 Å². The van der Waals surface area contributed by atoms with Crippen molar-refractivity contribution >= 4 is 11.9 Å². The number of ether oxygens (including phenoxy) is 1. The second kappa shape index (κ2) is 6.43. The molecule has 0 unspecified atom stereocenters. The third-order valence-electron chi connectivity index (χ3n) is 3.49. The zero-order valence-electron chi connectivity index (χ0n) is 13.2. The van der Waals surface area contributed by atoms with Gasteiger partial charge in [0.25, 0.3) is 5.91 Å². The Morgan fingerprint density at radius 1 is 1.23 bits per heavy atom. The van der Waals surface area contributed by atoms with Crippen LogP contribution >= 0.6 is 0 Å². The van der Waals surface area contributed by atoms with E-state index in [2.05, 4.69) is 15.3 Å². The van der Waals surface area contributed by atoms with Gasteiger partial charge in [-0.15, -0.1) is 0 Å². The van der Waals surface area contributed by atoms with E-state index in [0.29, 0.717) is 17.0 Å². The summed E-state index contributed by atoms with van der Waals surface area (Å²) in [5.74, 6) is 0.598.